The first kappa shape index (κ1) is 33.5. The van der Waals surface area contributed by atoms with E-state index in [1.165, 1.54) is 36.3 Å². The van der Waals surface area contributed by atoms with Crippen molar-refractivity contribution in [3.8, 4) is 0 Å². The predicted octanol–water partition coefficient (Wildman–Crippen LogP) is 6.50. The third-order valence-electron chi connectivity index (χ3n) is 8.66. The second kappa shape index (κ2) is 11.8. The van der Waals surface area contributed by atoms with E-state index in [0.717, 1.165) is 12.1 Å². The second-order valence-electron chi connectivity index (χ2n) is 11.1. The highest BCUT2D eigenvalue weighted by Gasteiger charge is 2.73. The van der Waals surface area contributed by atoms with E-state index in [4.69, 9.17) is 4.74 Å². The summed E-state index contributed by atoms with van der Waals surface area (Å²) in [7, 11) is -3.19. The smallest absolute Gasteiger partial charge is 0.435 e. The first-order chi connectivity index (χ1) is 20.4. The van der Waals surface area contributed by atoms with Crippen LogP contribution in [0.2, 0.25) is 0 Å². The molecule has 0 N–H and O–H groups in total. The van der Waals surface area contributed by atoms with Gasteiger partial charge in [-0.3, -0.25) is 9.59 Å². The third kappa shape index (κ3) is 5.61. The number of nitrogens with zero attached hydrogens (tertiary/aromatic N) is 1. The summed E-state index contributed by atoms with van der Waals surface area (Å²) in [5.41, 5.74) is -7.20. The fourth-order valence-electron chi connectivity index (χ4n) is 6.11. The fourth-order valence-corrected chi connectivity index (χ4v) is 8.24. The molecule has 1 heterocycles. The SMILES string of the molecule is C=Cc1cccc(S(=O)(=O)C2(c3ccc(C(F)(C(F)(F)F)C(F)(F)F)cc3)CCN(C(=O)C3CCC(C(=O)OC)CC3)C2)c1. The van der Waals surface area contributed by atoms with Crippen LogP contribution in [0.5, 0.6) is 0 Å². The Morgan fingerprint density at radius 1 is 0.932 bits per heavy atom. The first-order valence-corrected chi connectivity index (χ1v) is 15.2. The molecule has 0 radical (unpaired) electrons. The lowest BCUT2D eigenvalue weighted by Gasteiger charge is -2.33. The van der Waals surface area contributed by atoms with Crippen molar-refractivity contribution < 1.29 is 53.5 Å². The lowest BCUT2D eigenvalue weighted by atomic mass is 9.81. The molecule has 44 heavy (non-hydrogen) atoms. The largest absolute Gasteiger partial charge is 0.469 e. The van der Waals surface area contributed by atoms with Gasteiger partial charge in [-0.2, -0.15) is 26.3 Å². The molecule has 1 unspecified atom stereocenters. The van der Waals surface area contributed by atoms with Gasteiger partial charge >= 0.3 is 24.0 Å². The minimum Gasteiger partial charge on any atom is -0.469 e. The number of hydrogen-bond donors (Lipinski definition) is 0. The highest BCUT2D eigenvalue weighted by atomic mass is 32.2. The topological polar surface area (TPSA) is 80.8 Å². The first-order valence-electron chi connectivity index (χ1n) is 13.7. The molecule has 2 aromatic carbocycles. The van der Waals surface area contributed by atoms with Crippen LogP contribution >= 0.6 is 0 Å². The molecular weight excluding hydrogens is 619 g/mol. The molecular formula is C30H30F7NO5S. The zero-order chi connectivity index (χ0) is 32.7. The Balaban J connectivity index is 1.75. The monoisotopic (exact) mass is 649 g/mol. The molecule has 0 spiro atoms. The van der Waals surface area contributed by atoms with Crippen LogP contribution in [0.3, 0.4) is 0 Å². The summed E-state index contributed by atoms with van der Waals surface area (Å²) in [4.78, 5) is 26.5. The number of halogens is 7. The minimum absolute atomic E-state index is 0.0734. The van der Waals surface area contributed by atoms with E-state index in [1.807, 2.05) is 0 Å². The fraction of sp³-hybridized carbons (Fsp3) is 0.467. The highest BCUT2D eigenvalue weighted by molar-refractivity contribution is 7.92. The van der Waals surface area contributed by atoms with E-state index in [1.54, 1.807) is 6.07 Å². The van der Waals surface area contributed by atoms with Gasteiger partial charge < -0.3 is 9.64 Å². The number of benzene rings is 2. The maximum absolute atomic E-state index is 14.7. The Bertz CT molecular complexity index is 1500. The molecule has 1 atom stereocenters. The van der Waals surface area contributed by atoms with Gasteiger partial charge in [0, 0.05) is 24.6 Å². The number of amides is 1. The third-order valence-corrected chi connectivity index (χ3v) is 11.1. The Labute approximate surface area is 249 Å². The van der Waals surface area contributed by atoms with Crippen LogP contribution in [0.4, 0.5) is 30.7 Å². The standard InChI is InChI=1S/C30H30F7NO5S/c1-3-19-5-4-6-24(17-19)44(41,42)27(22-11-13-23(14-12-22)28(31,29(32,33)34)30(35,36)37)15-16-38(18-27)25(39)20-7-9-21(10-8-20)26(40)43-2/h3-6,11-14,17,20-21H,1,7-10,15-16,18H2,2H3. The van der Waals surface area contributed by atoms with Gasteiger partial charge in [0.1, 0.15) is 4.75 Å². The number of esters is 1. The number of carbonyl (C=O) groups excluding carboxylic acids is 2. The molecule has 2 aromatic rings. The summed E-state index contributed by atoms with van der Waals surface area (Å²) >= 11 is 0. The Hall–Kier alpha value is -3.42. The second-order valence-corrected chi connectivity index (χ2v) is 13.3. The van der Waals surface area contributed by atoms with Gasteiger partial charge in [-0.1, -0.05) is 49.1 Å². The Kier molecular flexibility index (Phi) is 9.00. The number of sulfone groups is 1. The van der Waals surface area contributed by atoms with E-state index >= 15 is 0 Å². The van der Waals surface area contributed by atoms with Crippen LogP contribution in [0, 0.1) is 11.8 Å². The quantitative estimate of drug-likeness (QED) is 0.253. The number of methoxy groups -OCH3 is 1. The van der Waals surface area contributed by atoms with E-state index < -0.39 is 50.6 Å². The van der Waals surface area contributed by atoms with Crippen LogP contribution in [0.15, 0.2) is 60.0 Å². The molecule has 4 rings (SSSR count). The molecule has 2 fully saturated rings. The van der Waals surface area contributed by atoms with Gasteiger partial charge in [-0.15, -0.1) is 0 Å². The molecule has 1 saturated carbocycles. The maximum Gasteiger partial charge on any atom is 0.435 e. The maximum atomic E-state index is 14.7. The average molecular weight is 650 g/mol. The highest BCUT2D eigenvalue weighted by Crippen LogP contribution is 2.54. The molecule has 240 valence electrons. The van der Waals surface area contributed by atoms with Gasteiger partial charge in [-0.25, -0.2) is 12.8 Å². The zero-order valence-corrected chi connectivity index (χ0v) is 24.4. The van der Waals surface area contributed by atoms with E-state index in [0.29, 0.717) is 31.2 Å². The number of alkyl halides is 7. The zero-order valence-electron chi connectivity index (χ0n) is 23.6. The van der Waals surface area contributed by atoms with E-state index in [-0.39, 0.29) is 53.4 Å². The van der Waals surface area contributed by atoms with Gasteiger partial charge in [-0.05, 0) is 55.4 Å². The number of hydrogen-bond acceptors (Lipinski definition) is 5. The summed E-state index contributed by atoms with van der Waals surface area (Å²) in [6.45, 7) is 3.10. The van der Waals surface area contributed by atoms with Crippen molar-refractivity contribution in [1.82, 2.24) is 4.90 Å². The molecule has 14 heteroatoms. The molecule has 0 bridgehead atoms. The van der Waals surface area contributed by atoms with Crippen LogP contribution < -0.4 is 0 Å². The lowest BCUT2D eigenvalue weighted by Crippen LogP contribution is -2.50. The number of ether oxygens (including phenoxy) is 1. The van der Waals surface area contributed by atoms with Crippen LogP contribution in [0.1, 0.15) is 48.8 Å². The van der Waals surface area contributed by atoms with Gasteiger partial charge in [0.2, 0.25) is 5.91 Å². The molecule has 2 aliphatic rings. The molecule has 0 aromatic heterocycles. The molecule has 1 saturated heterocycles. The van der Waals surface area contributed by atoms with Crippen molar-refractivity contribution in [3.63, 3.8) is 0 Å². The summed E-state index contributed by atoms with van der Waals surface area (Å²) in [6, 6.07) is 7.68. The normalized spacial score (nSPS) is 23.3. The van der Waals surface area contributed by atoms with Crippen molar-refractivity contribution in [3.05, 3.63) is 71.8 Å². The summed E-state index contributed by atoms with van der Waals surface area (Å²) in [5, 5.41) is 0. The lowest BCUT2D eigenvalue weighted by molar-refractivity contribution is -0.348. The van der Waals surface area contributed by atoms with Crippen molar-refractivity contribution in [2.45, 2.75) is 59.8 Å². The molecule has 1 amide bonds. The van der Waals surface area contributed by atoms with Crippen LogP contribution in [-0.4, -0.2) is 57.7 Å². The summed E-state index contributed by atoms with van der Waals surface area (Å²) in [6.07, 6.45) is -10.0. The molecule has 1 aliphatic carbocycles. The minimum atomic E-state index is -6.34. The van der Waals surface area contributed by atoms with Crippen molar-refractivity contribution in [2.75, 3.05) is 20.2 Å². The Morgan fingerprint density at radius 3 is 2.02 bits per heavy atom. The van der Waals surface area contributed by atoms with Gasteiger partial charge in [0.05, 0.1) is 17.9 Å². The van der Waals surface area contributed by atoms with Gasteiger partial charge in [0.15, 0.2) is 9.84 Å². The summed E-state index contributed by atoms with van der Waals surface area (Å²) < 4.78 is 126. The number of rotatable bonds is 7. The van der Waals surface area contributed by atoms with Gasteiger partial charge in [0.25, 0.3) is 0 Å². The molecule has 1 aliphatic heterocycles. The average Bonchev–Trinajstić information content (AvgIpc) is 3.46. The van der Waals surface area contributed by atoms with Crippen molar-refractivity contribution >= 4 is 27.8 Å². The van der Waals surface area contributed by atoms with Crippen LogP contribution in [-0.2, 0) is 34.6 Å². The van der Waals surface area contributed by atoms with E-state index in [9.17, 15) is 48.7 Å². The van der Waals surface area contributed by atoms with E-state index in [2.05, 4.69) is 6.58 Å². The summed E-state index contributed by atoms with van der Waals surface area (Å²) in [5.74, 6) is -1.65. The predicted molar refractivity (Wildman–Crippen MR) is 145 cm³/mol. The number of carbonyl (C=O) groups is 2. The van der Waals surface area contributed by atoms with Crippen LogP contribution in [0.25, 0.3) is 6.08 Å². The Morgan fingerprint density at radius 2 is 1.50 bits per heavy atom. The van der Waals surface area contributed by atoms with Crippen molar-refractivity contribution in [2.24, 2.45) is 11.8 Å². The number of likely N-dealkylation sites (tertiary alicyclic amines) is 1. The molecule has 6 nitrogen and oxygen atoms in total. The van der Waals surface area contributed by atoms with Crippen molar-refractivity contribution in [1.29, 1.82) is 0 Å².